The standard InChI is InChI=1S/C17H28N2O3/c1-6-21-14-7-9-15(10-8-14)22-12-11-19(5)13-16(20)18-17(2,3)4/h7-10H,6,11-13H2,1-5H3,(H,18,20)/p+1. The summed E-state index contributed by atoms with van der Waals surface area (Å²) in [7, 11) is 1.99. The van der Waals surface area contributed by atoms with E-state index in [1.54, 1.807) is 0 Å². The zero-order chi connectivity index (χ0) is 16.6. The van der Waals surface area contributed by atoms with Gasteiger partial charge in [0, 0.05) is 5.54 Å². The summed E-state index contributed by atoms with van der Waals surface area (Å²) >= 11 is 0. The molecule has 1 unspecified atom stereocenters. The van der Waals surface area contributed by atoms with Gasteiger partial charge in [-0.2, -0.15) is 0 Å². The van der Waals surface area contributed by atoms with E-state index in [0.717, 1.165) is 22.9 Å². The zero-order valence-electron chi connectivity index (χ0n) is 14.4. The van der Waals surface area contributed by atoms with Crippen LogP contribution in [0.15, 0.2) is 24.3 Å². The van der Waals surface area contributed by atoms with Crippen molar-refractivity contribution in [3.63, 3.8) is 0 Å². The second-order valence-corrected chi connectivity index (χ2v) is 6.43. The van der Waals surface area contributed by atoms with Crippen molar-refractivity contribution in [1.29, 1.82) is 0 Å². The van der Waals surface area contributed by atoms with Crippen molar-refractivity contribution in [2.24, 2.45) is 0 Å². The van der Waals surface area contributed by atoms with Crippen molar-refractivity contribution in [1.82, 2.24) is 5.32 Å². The maximum atomic E-state index is 11.8. The van der Waals surface area contributed by atoms with Crippen molar-refractivity contribution in [3.8, 4) is 11.5 Å². The summed E-state index contributed by atoms with van der Waals surface area (Å²) < 4.78 is 11.1. The van der Waals surface area contributed by atoms with Gasteiger partial charge in [0.15, 0.2) is 6.54 Å². The molecule has 0 aliphatic carbocycles. The Morgan fingerprint density at radius 3 is 2.18 bits per heavy atom. The van der Waals surface area contributed by atoms with Crippen LogP contribution in [-0.4, -0.2) is 44.8 Å². The lowest BCUT2D eigenvalue weighted by molar-refractivity contribution is -0.871. The predicted octanol–water partition coefficient (Wildman–Crippen LogP) is 0.894. The Balaban J connectivity index is 2.27. The molecule has 0 saturated carbocycles. The highest BCUT2D eigenvalue weighted by molar-refractivity contribution is 5.77. The first kappa shape index (κ1) is 18.3. The number of hydrogen-bond acceptors (Lipinski definition) is 3. The van der Waals surface area contributed by atoms with Gasteiger partial charge >= 0.3 is 0 Å². The predicted molar refractivity (Wildman–Crippen MR) is 87.6 cm³/mol. The average molecular weight is 309 g/mol. The van der Waals surface area contributed by atoms with Crippen molar-refractivity contribution in [3.05, 3.63) is 24.3 Å². The highest BCUT2D eigenvalue weighted by atomic mass is 16.5. The number of nitrogens with one attached hydrogen (secondary N) is 2. The molecule has 5 nitrogen and oxygen atoms in total. The molecule has 0 aliphatic heterocycles. The van der Waals surface area contributed by atoms with E-state index < -0.39 is 0 Å². The molecule has 0 bridgehead atoms. The molecular formula is C17H29N2O3+. The van der Waals surface area contributed by atoms with Gasteiger partial charge in [-0.15, -0.1) is 0 Å². The molecule has 0 fully saturated rings. The molecule has 5 heteroatoms. The highest BCUT2D eigenvalue weighted by Gasteiger charge is 2.16. The molecule has 0 aliphatic rings. The summed E-state index contributed by atoms with van der Waals surface area (Å²) in [5.74, 6) is 1.72. The quantitative estimate of drug-likeness (QED) is 0.750. The van der Waals surface area contributed by atoms with E-state index in [0.29, 0.717) is 19.8 Å². The smallest absolute Gasteiger partial charge is 0.275 e. The molecule has 124 valence electrons. The number of rotatable bonds is 8. The van der Waals surface area contributed by atoms with Gasteiger partial charge in [0.05, 0.1) is 13.7 Å². The topological polar surface area (TPSA) is 52.0 Å². The number of benzene rings is 1. The summed E-state index contributed by atoms with van der Waals surface area (Å²) in [6, 6.07) is 7.58. The summed E-state index contributed by atoms with van der Waals surface area (Å²) in [4.78, 5) is 12.9. The molecule has 0 spiro atoms. The SMILES string of the molecule is CCOc1ccc(OCC[NH+](C)CC(=O)NC(C)(C)C)cc1. The summed E-state index contributed by atoms with van der Waals surface area (Å²) in [6.45, 7) is 10.3. The third kappa shape index (κ3) is 7.88. The van der Waals surface area contributed by atoms with E-state index in [4.69, 9.17) is 9.47 Å². The van der Waals surface area contributed by atoms with Gasteiger partial charge in [0.1, 0.15) is 24.7 Å². The third-order valence-electron chi connectivity index (χ3n) is 2.91. The number of amides is 1. The third-order valence-corrected chi connectivity index (χ3v) is 2.91. The van der Waals surface area contributed by atoms with Crippen molar-refractivity contribution in [2.75, 3.05) is 33.4 Å². The Kier molecular flexibility index (Phi) is 7.18. The Morgan fingerprint density at radius 2 is 1.68 bits per heavy atom. The number of hydrogen-bond donors (Lipinski definition) is 2. The average Bonchev–Trinajstić information content (AvgIpc) is 2.38. The van der Waals surface area contributed by atoms with E-state index in [1.165, 1.54) is 0 Å². The van der Waals surface area contributed by atoms with Gasteiger partial charge in [-0.25, -0.2) is 0 Å². The Hall–Kier alpha value is -1.75. The highest BCUT2D eigenvalue weighted by Crippen LogP contribution is 2.17. The van der Waals surface area contributed by atoms with Crippen LogP contribution < -0.4 is 19.7 Å². The van der Waals surface area contributed by atoms with Gasteiger partial charge in [0.2, 0.25) is 0 Å². The molecule has 1 aromatic rings. The van der Waals surface area contributed by atoms with E-state index in [2.05, 4.69) is 5.32 Å². The molecule has 0 radical (unpaired) electrons. The monoisotopic (exact) mass is 309 g/mol. The van der Waals surface area contributed by atoms with Gasteiger partial charge in [-0.05, 0) is 52.0 Å². The number of carbonyl (C=O) groups is 1. The molecule has 1 atom stereocenters. The lowest BCUT2D eigenvalue weighted by atomic mass is 10.1. The molecule has 0 aromatic heterocycles. The van der Waals surface area contributed by atoms with Crippen LogP contribution in [-0.2, 0) is 4.79 Å². The van der Waals surface area contributed by atoms with Crippen LogP contribution in [0.1, 0.15) is 27.7 Å². The fourth-order valence-electron chi connectivity index (χ4n) is 1.97. The second kappa shape index (κ2) is 8.63. The number of likely N-dealkylation sites (N-methyl/N-ethyl adjacent to an activating group) is 1. The minimum absolute atomic E-state index is 0.0612. The van der Waals surface area contributed by atoms with Crippen molar-refractivity contribution in [2.45, 2.75) is 33.2 Å². The number of quaternary nitrogens is 1. The molecular weight excluding hydrogens is 280 g/mol. The second-order valence-electron chi connectivity index (χ2n) is 6.43. The first-order valence-corrected chi connectivity index (χ1v) is 7.78. The van der Waals surface area contributed by atoms with Crippen LogP contribution in [0.5, 0.6) is 11.5 Å². The fourth-order valence-corrected chi connectivity index (χ4v) is 1.97. The lowest BCUT2D eigenvalue weighted by Crippen LogP contribution is -3.11. The molecule has 1 rings (SSSR count). The van der Waals surface area contributed by atoms with E-state index >= 15 is 0 Å². The summed E-state index contributed by atoms with van der Waals surface area (Å²) in [5.41, 5.74) is -0.184. The first-order valence-electron chi connectivity index (χ1n) is 7.78. The van der Waals surface area contributed by atoms with Gasteiger partial charge in [-0.1, -0.05) is 0 Å². The fraction of sp³-hybridized carbons (Fsp3) is 0.588. The molecule has 2 N–H and O–H groups in total. The van der Waals surface area contributed by atoms with Crippen LogP contribution >= 0.6 is 0 Å². The molecule has 1 amide bonds. The Labute approximate surface area is 133 Å². The Morgan fingerprint density at radius 1 is 1.14 bits per heavy atom. The lowest BCUT2D eigenvalue weighted by Gasteiger charge is -2.22. The molecule has 0 saturated heterocycles. The van der Waals surface area contributed by atoms with E-state index in [-0.39, 0.29) is 11.4 Å². The van der Waals surface area contributed by atoms with Crippen LogP contribution in [0.25, 0.3) is 0 Å². The number of ether oxygens (including phenoxy) is 2. The molecule has 0 heterocycles. The van der Waals surface area contributed by atoms with Crippen molar-refractivity contribution >= 4 is 5.91 Å². The number of carbonyl (C=O) groups excluding carboxylic acids is 1. The van der Waals surface area contributed by atoms with Gasteiger partial charge in [0.25, 0.3) is 5.91 Å². The summed E-state index contributed by atoms with van der Waals surface area (Å²) in [5, 5.41) is 2.96. The zero-order valence-corrected chi connectivity index (χ0v) is 14.4. The van der Waals surface area contributed by atoms with Gasteiger partial charge < -0.3 is 19.7 Å². The normalized spacial score (nSPS) is 12.6. The van der Waals surface area contributed by atoms with Crippen LogP contribution in [0.2, 0.25) is 0 Å². The molecule has 22 heavy (non-hydrogen) atoms. The van der Waals surface area contributed by atoms with Crippen LogP contribution in [0.4, 0.5) is 0 Å². The maximum Gasteiger partial charge on any atom is 0.275 e. The van der Waals surface area contributed by atoms with Crippen LogP contribution in [0, 0.1) is 0 Å². The van der Waals surface area contributed by atoms with E-state index in [1.807, 2.05) is 59.0 Å². The van der Waals surface area contributed by atoms with E-state index in [9.17, 15) is 4.79 Å². The minimum Gasteiger partial charge on any atom is -0.494 e. The Bertz CT molecular complexity index is 452. The largest absolute Gasteiger partial charge is 0.494 e. The maximum absolute atomic E-state index is 11.8. The van der Waals surface area contributed by atoms with Crippen molar-refractivity contribution < 1.29 is 19.2 Å². The van der Waals surface area contributed by atoms with Crippen LogP contribution in [0.3, 0.4) is 0 Å². The minimum atomic E-state index is -0.184. The van der Waals surface area contributed by atoms with Gasteiger partial charge in [-0.3, -0.25) is 4.79 Å². The summed E-state index contributed by atoms with van der Waals surface area (Å²) in [6.07, 6.45) is 0. The molecule has 1 aromatic carbocycles. The first-order chi connectivity index (χ1) is 10.3.